The number of para-hydroxylation sites is 1. The fourth-order valence-corrected chi connectivity index (χ4v) is 3.18. The van der Waals surface area contributed by atoms with Crippen LogP contribution in [0.5, 0.6) is 5.75 Å². The molecule has 0 saturated carbocycles. The third kappa shape index (κ3) is 4.37. The number of benzene rings is 1. The number of carbonyl (C=O) groups excluding carboxylic acids is 1. The molecule has 1 N–H and O–H groups in total. The number of rotatable bonds is 6. The monoisotopic (exact) mass is 327 g/mol. The molecule has 0 bridgehead atoms. The van der Waals surface area contributed by atoms with Crippen molar-refractivity contribution in [2.24, 2.45) is 0 Å². The summed E-state index contributed by atoms with van der Waals surface area (Å²) in [5.74, 6) is 1.44. The molecule has 5 heteroatoms. The highest BCUT2D eigenvalue weighted by molar-refractivity contribution is 5.76. The van der Waals surface area contributed by atoms with Crippen LogP contribution in [0.15, 0.2) is 36.4 Å². The van der Waals surface area contributed by atoms with E-state index in [1.807, 2.05) is 42.2 Å². The van der Waals surface area contributed by atoms with Crippen LogP contribution in [0.3, 0.4) is 0 Å². The summed E-state index contributed by atoms with van der Waals surface area (Å²) in [7, 11) is 0. The molecule has 0 radical (unpaired) electrons. The number of likely N-dealkylation sites (tertiary alicyclic amines) is 1. The number of piperidine rings is 1. The van der Waals surface area contributed by atoms with E-state index in [-0.39, 0.29) is 5.91 Å². The van der Waals surface area contributed by atoms with Gasteiger partial charge in [-0.15, -0.1) is 0 Å². The minimum absolute atomic E-state index is 0.226. The Morgan fingerprint density at radius 1 is 1.38 bits per heavy atom. The lowest BCUT2D eigenvalue weighted by Crippen LogP contribution is -2.39. The fourth-order valence-electron chi connectivity index (χ4n) is 3.18. The van der Waals surface area contributed by atoms with Crippen LogP contribution in [-0.2, 0) is 4.79 Å². The van der Waals surface area contributed by atoms with Crippen molar-refractivity contribution in [2.75, 3.05) is 19.7 Å². The van der Waals surface area contributed by atoms with E-state index in [0.717, 1.165) is 49.5 Å². The summed E-state index contributed by atoms with van der Waals surface area (Å²) in [5.41, 5.74) is 2.16. The summed E-state index contributed by atoms with van der Waals surface area (Å²) in [4.78, 5) is 14.4. The lowest BCUT2D eigenvalue weighted by molar-refractivity contribution is -0.132. The first-order valence-corrected chi connectivity index (χ1v) is 8.70. The van der Waals surface area contributed by atoms with Crippen molar-refractivity contribution >= 4 is 5.91 Å². The molecule has 0 aliphatic carbocycles. The molecule has 5 nitrogen and oxygen atoms in total. The van der Waals surface area contributed by atoms with E-state index >= 15 is 0 Å². The molecular weight excluding hydrogens is 302 g/mol. The van der Waals surface area contributed by atoms with Gasteiger partial charge in [-0.05, 0) is 44.4 Å². The number of aryl methyl sites for hydroxylation is 1. The van der Waals surface area contributed by atoms with Gasteiger partial charge in [0.25, 0.3) is 0 Å². The summed E-state index contributed by atoms with van der Waals surface area (Å²) < 4.78 is 5.65. The van der Waals surface area contributed by atoms with Gasteiger partial charge in [0.2, 0.25) is 5.91 Å². The molecule has 1 saturated heterocycles. The van der Waals surface area contributed by atoms with Gasteiger partial charge in [-0.2, -0.15) is 5.10 Å². The number of amides is 1. The number of hydrogen-bond donors (Lipinski definition) is 1. The van der Waals surface area contributed by atoms with E-state index < -0.39 is 0 Å². The second-order valence-electron chi connectivity index (χ2n) is 6.42. The smallest absolute Gasteiger partial charge is 0.222 e. The van der Waals surface area contributed by atoms with Gasteiger partial charge >= 0.3 is 0 Å². The third-order valence-corrected chi connectivity index (χ3v) is 4.47. The predicted octanol–water partition coefficient (Wildman–Crippen LogP) is 3.28. The van der Waals surface area contributed by atoms with E-state index in [2.05, 4.69) is 16.3 Å². The van der Waals surface area contributed by atoms with Crippen molar-refractivity contribution in [3.8, 4) is 5.75 Å². The van der Waals surface area contributed by atoms with Crippen LogP contribution in [0, 0.1) is 6.92 Å². The Bertz CT molecular complexity index is 654. The number of hydrogen-bond acceptors (Lipinski definition) is 3. The van der Waals surface area contributed by atoms with Crippen molar-refractivity contribution in [3.05, 3.63) is 47.8 Å². The van der Waals surface area contributed by atoms with Gasteiger partial charge in [-0.25, -0.2) is 0 Å². The fraction of sp³-hybridized carbons (Fsp3) is 0.474. The van der Waals surface area contributed by atoms with Gasteiger partial charge in [0.1, 0.15) is 5.75 Å². The normalized spacial score (nSPS) is 17.7. The van der Waals surface area contributed by atoms with Crippen LogP contribution in [0.1, 0.15) is 43.0 Å². The van der Waals surface area contributed by atoms with Crippen molar-refractivity contribution < 1.29 is 9.53 Å². The molecular formula is C19H25N3O2. The number of nitrogens with one attached hydrogen (secondary N) is 1. The zero-order chi connectivity index (χ0) is 16.8. The highest BCUT2D eigenvalue weighted by Crippen LogP contribution is 2.26. The van der Waals surface area contributed by atoms with Gasteiger partial charge in [-0.1, -0.05) is 18.2 Å². The predicted molar refractivity (Wildman–Crippen MR) is 93.1 cm³/mol. The Balaban J connectivity index is 1.43. The topological polar surface area (TPSA) is 58.2 Å². The van der Waals surface area contributed by atoms with Crippen molar-refractivity contribution in [1.29, 1.82) is 0 Å². The summed E-state index contributed by atoms with van der Waals surface area (Å²) >= 11 is 0. The Morgan fingerprint density at radius 3 is 2.96 bits per heavy atom. The molecule has 1 amide bonds. The summed E-state index contributed by atoms with van der Waals surface area (Å²) in [6, 6.07) is 11.8. The standard InChI is InChI=1S/C19H25N3O2/c1-15-13-18(21-20-15)16-7-5-11-22(14-16)19(23)10-6-12-24-17-8-3-2-4-9-17/h2-4,8-9,13,16H,5-7,10-12,14H2,1H3,(H,20,21)/t16-/m0/s1. The number of aromatic amines is 1. The second kappa shape index (κ2) is 7.99. The minimum atomic E-state index is 0.226. The van der Waals surface area contributed by atoms with E-state index in [9.17, 15) is 4.79 Å². The second-order valence-corrected chi connectivity index (χ2v) is 6.42. The van der Waals surface area contributed by atoms with Crippen LogP contribution in [-0.4, -0.2) is 40.7 Å². The number of nitrogens with zero attached hydrogens (tertiary/aromatic N) is 2. The number of H-pyrrole nitrogens is 1. The van der Waals surface area contributed by atoms with Crippen LogP contribution >= 0.6 is 0 Å². The summed E-state index contributed by atoms with van der Waals surface area (Å²) in [6.45, 7) is 4.22. The zero-order valence-corrected chi connectivity index (χ0v) is 14.2. The highest BCUT2D eigenvalue weighted by Gasteiger charge is 2.25. The lowest BCUT2D eigenvalue weighted by Gasteiger charge is -2.32. The Hall–Kier alpha value is -2.30. The van der Waals surface area contributed by atoms with E-state index in [4.69, 9.17) is 4.74 Å². The van der Waals surface area contributed by atoms with Crippen LogP contribution in [0.2, 0.25) is 0 Å². The maximum absolute atomic E-state index is 12.4. The molecule has 128 valence electrons. The maximum atomic E-state index is 12.4. The first kappa shape index (κ1) is 16.6. The molecule has 1 aliphatic rings. The molecule has 24 heavy (non-hydrogen) atoms. The Morgan fingerprint density at radius 2 is 2.21 bits per heavy atom. The summed E-state index contributed by atoms with van der Waals surface area (Å²) in [5, 5.41) is 7.36. The molecule has 0 spiro atoms. The van der Waals surface area contributed by atoms with Gasteiger partial charge < -0.3 is 9.64 Å². The highest BCUT2D eigenvalue weighted by atomic mass is 16.5. The number of aromatic nitrogens is 2. The molecule has 0 unspecified atom stereocenters. The number of carbonyl (C=O) groups is 1. The van der Waals surface area contributed by atoms with Crippen LogP contribution in [0.25, 0.3) is 0 Å². The Kier molecular flexibility index (Phi) is 5.51. The maximum Gasteiger partial charge on any atom is 0.222 e. The lowest BCUT2D eigenvalue weighted by atomic mass is 9.94. The van der Waals surface area contributed by atoms with Gasteiger partial charge in [0, 0.05) is 31.1 Å². The molecule has 2 heterocycles. The van der Waals surface area contributed by atoms with Crippen LogP contribution < -0.4 is 4.74 Å². The van der Waals surface area contributed by atoms with Gasteiger partial charge in [0.05, 0.1) is 12.3 Å². The minimum Gasteiger partial charge on any atom is -0.494 e. The molecule has 1 atom stereocenters. The summed E-state index contributed by atoms with van der Waals surface area (Å²) in [6.07, 6.45) is 3.43. The van der Waals surface area contributed by atoms with Gasteiger partial charge in [-0.3, -0.25) is 9.89 Å². The van der Waals surface area contributed by atoms with E-state index in [0.29, 0.717) is 18.9 Å². The molecule has 3 rings (SSSR count). The average molecular weight is 327 g/mol. The van der Waals surface area contributed by atoms with Crippen molar-refractivity contribution in [2.45, 2.75) is 38.5 Å². The average Bonchev–Trinajstić information content (AvgIpc) is 3.06. The molecule has 2 aromatic rings. The Labute approximate surface area is 143 Å². The quantitative estimate of drug-likeness (QED) is 0.828. The largest absolute Gasteiger partial charge is 0.494 e. The number of ether oxygens (including phenoxy) is 1. The van der Waals surface area contributed by atoms with E-state index in [1.165, 1.54) is 0 Å². The third-order valence-electron chi connectivity index (χ3n) is 4.47. The first-order valence-electron chi connectivity index (χ1n) is 8.70. The van der Waals surface area contributed by atoms with Crippen molar-refractivity contribution in [3.63, 3.8) is 0 Å². The first-order chi connectivity index (χ1) is 11.7. The van der Waals surface area contributed by atoms with Gasteiger partial charge in [0.15, 0.2) is 0 Å². The SMILES string of the molecule is Cc1cc([C@H]2CCCN(C(=O)CCCOc3ccccc3)C2)n[nH]1. The molecule has 1 fully saturated rings. The molecule has 1 aromatic carbocycles. The zero-order valence-electron chi connectivity index (χ0n) is 14.2. The van der Waals surface area contributed by atoms with Crippen molar-refractivity contribution in [1.82, 2.24) is 15.1 Å². The van der Waals surface area contributed by atoms with Crippen LogP contribution in [0.4, 0.5) is 0 Å². The molecule has 1 aromatic heterocycles. The van der Waals surface area contributed by atoms with E-state index in [1.54, 1.807) is 0 Å². The molecule has 1 aliphatic heterocycles.